The van der Waals surface area contributed by atoms with E-state index in [0.717, 1.165) is 6.07 Å². The number of halogens is 1. The number of carbonyl (C=O) groups is 2. The Kier molecular flexibility index (Phi) is 3.41. The molecule has 1 saturated heterocycles. The number of nitrogen functional groups attached to an aromatic ring is 1. The van der Waals surface area contributed by atoms with Gasteiger partial charge in [-0.25, -0.2) is 4.39 Å². The Morgan fingerprint density at radius 2 is 2.00 bits per heavy atom. The number of anilines is 1. The van der Waals surface area contributed by atoms with Crippen LogP contribution in [0.15, 0.2) is 18.2 Å². The van der Waals surface area contributed by atoms with Gasteiger partial charge in [0.2, 0.25) is 5.91 Å². The van der Waals surface area contributed by atoms with Gasteiger partial charge in [0.25, 0.3) is 5.91 Å². The number of rotatable bonds is 1. The number of benzene rings is 1. The molecule has 2 N–H and O–H groups in total. The molecular formula is C14H18FN3O2. The molecule has 1 heterocycles. The smallest absolute Gasteiger partial charge is 0.257 e. The van der Waals surface area contributed by atoms with E-state index in [1.165, 1.54) is 17.0 Å². The summed E-state index contributed by atoms with van der Waals surface area (Å²) >= 11 is 0. The summed E-state index contributed by atoms with van der Waals surface area (Å²) in [7, 11) is 1.69. The number of piperazine rings is 1. The standard InChI is InChI=1S/C14H18FN3O2/c1-14(2)13(20)17(3)6-7-18(14)12(19)10-5-4-9(16)8-11(10)15/h4-5,8H,6-7,16H2,1-3H3. The maximum atomic E-state index is 13.9. The van der Waals surface area contributed by atoms with E-state index >= 15 is 0 Å². The lowest BCUT2D eigenvalue weighted by Crippen LogP contribution is -2.63. The average Bonchev–Trinajstić information content (AvgIpc) is 2.35. The molecule has 1 aromatic rings. The third-order valence-electron chi connectivity index (χ3n) is 3.67. The molecule has 1 aliphatic heterocycles. The highest BCUT2D eigenvalue weighted by Crippen LogP contribution is 2.25. The predicted molar refractivity (Wildman–Crippen MR) is 73.6 cm³/mol. The number of amides is 2. The molecule has 0 unspecified atom stereocenters. The number of carbonyl (C=O) groups excluding carboxylic acids is 2. The Morgan fingerprint density at radius 3 is 2.60 bits per heavy atom. The second-order valence-corrected chi connectivity index (χ2v) is 5.48. The fourth-order valence-corrected chi connectivity index (χ4v) is 2.42. The van der Waals surface area contributed by atoms with E-state index < -0.39 is 17.3 Å². The zero-order valence-electron chi connectivity index (χ0n) is 11.8. The minimum absolute atomic E-state index is 0.0652. The van der Waals surface area contributed by atoms with Crippen LogP contribution in [0.1, 0.15) is 24.2 Å². The van der Waals surface area contributed by atoms with Crippen LogP contribution in [-0.2, 0) is 4.79 Å². The van der Waals surface area contributed by atoms with Crippen molar-refractivity contribution in [2.24, 2.45) is 0 Å². The van der Waals surface area contributed by atoms with Crippen LogP contribution in [0.3, 0.4) is 0 Å². The van der Waals surface area contributed by atoms with E-state index in [1.807, 2.05) is 0 Å². The zero-order valence-corrected chi connectivity index (χ0v) is 11.8. The lowest BCUT2D eigenvalue weighted by atomic mass is 9.96. The molecule has 2 amide bonds. The van der Waals surface area contributed by atoms with E-state index in [-0.39, 0.29) is 17.2 Å². The van der Waals surface area contributed by atoms with Gasteiger partial charge in [-0.2, -0.15) is 0 Å². The van der Waals surface area contributed by atoms with Crippen molar-refractivity contribution in [2.45, 2.75) is 19.4 Å². The molecule has 5 nitrogen and oxygen atoms in total. The molecule has 0 aromatic heterocycles. The van der Waals surface area contributed by atoms with Gasteiger partial charge in [0.15, 0.2) is 0 Å². The van der Waals surface area contributed by atoms with Crippen LogP contribution >= 0.6 is 0 Å². The van der Waals surface area contributed by atoms with Gasteiger partial charge in [-0.1, -0.05) is 0 Å². The monoisotopic (exact) mass is 279 g/mol. The van der Waals surface area contributed by atoms with Crippen molar-refractivity contribution < 1.29 is 14.0 Å². The molecule has 20 heavy (non-hydrogen) atoms. The van der Waals surface area contributed by atoms with E-state index in [2.05, 4.69) is 0 Å². The number of nitrogens with two attached hydrogens (primary N) is 1. The highest BCUT2D eigenvalue weighted by Gasteiger charge is 2.43. The van der Waals surface area contributed by atoms with E-state index in [1.54, 1.807) is 25.8 Å². The number of likely N-dealkylation sites (N-methyl/N-ethyl adjacent to an activating group) is 1. The summed E-state index contributed by atoms with van der Waals surface area (Å²) in [6.45, 7) is 4.14. The Balaban J connectivity index is 2.35. The first-order valence-corrected chi connectivity index (χ1v) is 6.37. The van der Waals surface area contributed by atoms with Crippen molar-refractivity contribution in [3.63, 3.8) is 0 Å². The Morgan fingerprint density at radius 1 is 1.35 bits per heavy atom. The van der Waals surface area contributed by atoms with Gasteiger partial charge in [0.05, 0.1) is 5.56 Å². The first-order chi connectivity index (χ1) is 9.25. The highest BCUT2D eigenvalue weighted by atomic mass is 19.1. The van der Waals surface area contributed by atoms with Crippen LogP contribution < -0.4 is 5.73 Å². The van der Waals surface area contributed by atoms with Crippen molar-refractivity contribution in [3.8, 4) is 0 Å². The van der Waals surface area contributed by atoms with Gasteiger partial charge in [-0.15, -0.1) is 0 Å². The summed E-state index contributed by atoms with van der Waals surface area (Å²) in [5.41, 5.74) is 4.68. The first kappa shape index (κ1) is 14.3. The molecule has 0 bridgehead atoms. The van der Waals surface area contributed by atoms with Crippen LogP contribution in [0.4, 0.5) is 10.1 Å². The van der Waals surface area contributed by atoms with Gasteiger partial charge in [0, 0.05) is 25.8 Å². The van der Waals surface area contributed by atoms with Gasteiger partial charge in [0.1, 0.15) is 11.4 Å². The fraction of sp³-hybridized carbons (Fsp3) is 0.429. The SMILES string of the molecule is CN1CCN(C(=O)c2ccc(N)cc2F)C(C)(C)C1=O. The molecule has 0 aliphatic carbocycles. The molecule has 0 atom stereocenters. The Labute approximate surface area is 117 Å². The maximum absolute atomic E-state index is 13.9. The van der Waals surface area contributed by atoms with Crippen LogP contribution in [0.2, 0.25) is 0 Å². The molecule has 0 radical (unpaired) electrons. The summed E-state index contributed by atoms with van der Waals surface area (Å²) in [5, 5.41) is 0. The molecule has 1 aromatic carbocycles. The first-order valence-electron chi connectivity index (χ1n) is 6.37. The predicted octanol–water partition coefficient (Wildman–Crippen LogP) is 1.10. The lowest BCUT2D eigenvalue weighted by Gasteiger charge is -2.44. The largest absolute Gasteiger partial charge is 0.399 e. The van der Waals surface area contributed by atoms with Crippen molar-refractivity contribution in [2.75, 3.05) is 25.9 Å². The minimum atomic E-state index is -0.988. The van der Waals surface area contributed by atoms with E-state index in [9.17, 15) is 14.0 Å². The van der Waals surface area contributed by atoms with Crippen LogP contribution in [-0.4, -0.2) is 47.3 Å². The van der Waals surface area contributed by atoms with Gasteiger partial charge in [-0.05, 0) is 32.0 Å². The van der Waals surface area contributed by atoms with Crippen LogP contribution in [0.25, 0.3) is 0 Å². The summed E-state index contributed by atoms with van der Waals surface area (Å²) in [6.07, 6.45) is 0. The van der Waals surface area contributed by atoms with Gasteiger partial charge >= 0.3 is 0 Å². The highest BCUT2D eigenvalue weighted by molar-refractivity contribution is 6.00. The molecule has 1 aliphatic rings. The van der Waals surface area contributed by atoms with Crippen molar-refractivity contribution in [1.29, 1.82) is 0 Å². The van der Waals surface area contributed by atoms with Crippen molar-refractivity contribution in [1.82, 2.24) is 9.80 Å². The van der Waals surface area contributed by atoms with Gasteiger partial charge < -0.3 is 15.5 Å². The summed E-state index contributed by atoms with van der Waals surface area (Å²) < 4.78 is 13.9. The van der Waals surface area contributed by atoms with Crippen LogP contribution in [0.5, 0.6) is 0 Å². The second kappa shape index (κ2) is 4.77. The molecule has 1 fully saturated rings. The molecule has 2 rings (SSSR count). The normalized spacial score (nSPS) is 18.3. The van der Waals surface area contributed by atoms with E-state index in [4.69, 9.17) is 5.73 Å². The second-order valence-electron chi connectivity index (χ2n) is 5.48. The zero-order chi connectivity index (χ0) is 15.1. The van der Waals surface area contributed by atoms with Gasteiger partial charge in [-0.3, -0.25) is 9.59 Å². The molecular weight excluding hydrogens is 261 g/mol. The number of hydrogen-bond donors (Lipinski definition) is 1. The van der Waals surface area contributed by atoms with Crippen molar-refractivity contribution in [3.05, 3.63) is 29.6 Å². The van der Waals surface area contributed by atoms with Crippen LogP contribution in [0, 0.1) is 5.82 Å². The third kappa shape index (κ3) is 2.21. The Bertz CT molecular complexity index is 572. The van der Waals surface area contributed by atoms with E-state index in [0.29, 0.717) is 13.1 Å². The lowest BCUT2D eigenvalue weighted by molar-refractivity contribution is -0.144. The fourth-order valence-electron chi connectivity index (χ4n) is 2.42. The van der Waals surface area contributed by atoms with Crippen molar-refractivity contribution >= 4 is 17.5 Å². The Hall–Kier alpha value is -2.11. The molecule has 6 heteroatoms. The third-order valence-corrected chi connectivity index (χ3v) is 3.67. The molecule has 108 valence electrons. The topological polar surface area (TPSA) is 66.6 Å². The maximum Gasteiger partial charge on any atom is 0.257 e. The number of hydrogen-bond acceptors (Lipinski definition) is 3. The minimum Gasteiger partial charge on any atom is -0.399 e. The summed E-state index contributed by atoms with van der Waals surface area (Å²) in [5.74, 6) is -1.32. The summed E-state index contributed by atoms with van der Waals surface area (Å²) in [6, 6.07) is 3.94. The number of nitrogens with zero attached hydrogens (tertiary/aromatic N) is 2. The summed E-state index contributed by atoms with van der Waals surface area (Å²) in [4.78, 5) is 27.6. The molecule has 0 saturated carbocycles. The quantitative estimate of drug-likeness (QED) is 0.783. The average molecular weight is 279 g/mol. The molecule has 0 spiro atoms.